The fourth-order valence-electron chi connectivity index (χ4n) is 3.41. The van der Waals surface area contributed by atoms with Gasteiger partial charge in [0.05, 0.1) is 24.4 Å². The quantitative estimate of drug-likeness (QED) is 0.184. The minimum Gasteiger partial charge on any atom is -0.371 e. The number of carbonyl (C=O) groups is 1. The number of fused-ring (bicyclic) bond motifs is 1. The largest absolute Gasteiger partial charge is 0.544 e. The van der Waals surface area contributed by atoms with Gasteiger partial charge in [-0.05, 0) is 18.6 Å². The van der Waals surface area contributed by atoms with Crippen LogP contribution in [0.3, 0.4) is 0 Å². The second-order valence-corrected chi connectivity index (χ2v) is 9.51. The molecule has 12 nitrogen and oxygen atoms in total. The first kappa shape index (κ1) is 23.6. The molecule has 3 heterocycles. The van der Waals surface area contributed by atoms with E-state index in [2.05, 4.69) is 25.4 Å². The number of aldehydes is 1. The number of nitrogen functional groups attached to an aromatic ring is 1. The van der Waals surface area contributed by atoms with E-state index in [-0.39, 0.29) is 19.1 Å². The lowest BCUT2D eigenvalue weighted by molar-refractivity contribution is -0.107. The third-order valence-corrected chi connectivity index (χ3v) is 6.79. The van der Waals surface area contributed by atoms with Crippen molar-refractivity contribution in [2.75, 3.05) is 31.2 Å². The fourth-order valence-corrected chi connectivity index (χ4v) is 5.08. The topological polar surface area (TPSA) is 159 Å². The second kappa shape index (κ2) is 10.1. The Morgan fingerprint density at radius 1 is 1.39 bits per heavy atom. The van der Waals surface area contributed by atoms with E-state index in [1.54, 1.807) is 42.2 Å². The SMILES string of the molecule is CNc1nc(N)nc2c1ncn2C1OC(CO[P+](O)(NCC=O)Oc2ccccc2)CC1Cl. The number of hydrogen-bond acceptors (Lipinski definition) is 11. The van der Waals surface area contributed by atoms with Crippen molar-refractivity contribution in [1.29, 1.82) is 0 Å². The van der Waals surface area contributed by atoms with Crippen LogP contribution in [0.25, 0.3) is 11.2 Å². The van der Waals surface area contributed by atoms with E-state index in [0.717, 1.165) is 0 Å². The van der Waals surface area contributed by atoms with Gasteiger partial charge >= 0.3 is 8.09 Å². The molecular formula is C19H24ClN7O5P+. The number of rotatable bonds is 10. The zero-order valence-electron chi connectivity index (χ0n) is 17.7. The Kier molecular flexibility index (Phi) is 7.23. The highest BCUT2D eigenvalue weighted by Crippen LogP contribution is 2.53. The maximum Gasteiger partial charge on any atom is 0.544 e. The molecule has 2 aromatic heterocycles. The molecule has 14 heteroatoms. The summed E-state index contributed by atoms with van der Waals surface area (Å²) in [6.07, 6.45) is 1.56. The Balaban J connectivity index is 1.46. The standard InChI is InChI=1S/C19H24ClN7O5P/c1-22-16-15-17(26-19(21)25-16)27(11-23-15)18-14(20)9-13(31-18)10-30-33(29,24-7-8-28)32-12-5-3-2-4-6-12/h2-6,8,11,13-14,18,24,29H,7,9-10H2,1H3,(H3,21,22,25,26)/q+1. The summed E-state index contributed by atoms with van der Waals surface area (Å²) in [7, 11) is -1.87. The molecule has 0 saturated carbocycles. The number of halogens is 1. The number of nitrogens with one attached hydrogen (secondary N) is 2. The van der Waals surface area contributed by atoms with Crippen molar-refractivity contribution in [3.63, 3.8) is 0 Å². The minimum atomic E-state index is -3.59. The molecule has 0 bridgehead atoms. The summed E-state index contributed by atoms with van der Waals surface area (Å²) in [5, 5.41) is 5.14. The predicted molar refractivity (Wildman–Crippen MR) is 124 cm³/mol. The van der Waals surface area contributed by atoms with Gasteiger partial charge in [-0.2, -0.15) is 19.4 Å². The van der Waals surface area contributed by atoms with Gasteiger partial charge < -0.3 is 20.6 Å². The van der Waals surface area contributed by atoms with E-state index in [0.29, 0.717) is 35.4 Å². The van der Waals surface area contributed by atoms with E-state index < -0.39 is 25.8 Å². The Bertz CT molecular complexity index is 1110. The summed E-state index contributed by atoms with van der Waals surface area (Å²) in [6.45, 7) is -0.159. The van der Waals surface area contributed by atoms with Gasteiger partial charge in [0, 0.05) is 7.05 Å². The van der Waals surface area contributed by atoms with Crippen LogP contribution in [0, 0.1) is 0 Å². The van der Waals surface area contributed by atoms with Gasteiger partial charge in [-0.3, -0.25) is 9.09 Å². The average molecular weight is 497 g/mol. The molecule has 4 atom stereocenters. The van der Waals surface area contributed by atoms with E-state index in [4.69, 9.17) is 31.1 Å². The Morgan fingerprint density at radius 2 is 2.18 bits per heavy atom. The van der Waals surface area contributed by atoms with Gasteiger partial charge in [0.2, 0.25) is 5.95 Å². The number of anilines is 2. The summed E-state index contributed by atoms with van der Waals surface area (Å²) < 4.78 is 19.1. The molecule has 33 heavy (non-hydrogen) atoms. The number of nitrogens with two attached hydrogens (primary N) is 1. The fraction of sp³-hybridized carbons (Fsp3) is 0.368. The lowest BCUT2D eigenvalue weighted by atomic mass is 10.2. The lowest BCUT2D eigenvalue weighted by Gasteiger charge is -2.19. The number of hydrogen-bond donors (Lipinski definition) is 4. The summed E-state index contributed by atoms with van der Waals surface area (Å²) >= 11 is 6.58. The Labute approximate surface area is 195 Å². The third kappa shape index (κ3) is 5.32. The van der Waals surface area contributed by atoms with Gasteiger partial charge in [0.25, 0.3) is 0 Å². The molecule has 0 radical (unpaired) electrons. The van der Waals surface area contributed by atoms with Crippen LogP contribution in [0.4, 0.5) is 11.8 Å². The molecule has 3 aromatic rings. The summed E-state index contributed by atoms with van der Waals surface area (Å²) in [5.41, 5.74) is 6.84. The third-order valence-electron chi connectivity index (χ3n) is 4.86. The smallest absolute Gasteiger partial charge is 0.371 e. The number of para-hydroxylation sites is 1. The first-order chi connectivity index (χ1) is 15.9. The summed E-state index contributed by atoms with van der Waals surface area (Å²) in [5.74, 6) is 0.982. The molecule has 0 spiro atoms. The van der Waals surface area contributed by atoms with Crippen LogP contribution in [0.1, 0.15) is 12.6 Å². The van der Waals surface area contributed by atoms with Gasteiger partial charge in [-0.25, -0.2) is 4.98 Å². The van der Waals surface area contributed by atoms with Crippen molar-refractivity contribution >= 4 is 48.9 Å². The Morgan fingerprint density at radius 3 is 2.91 bits per heavy atom. The summed E-state index contributed by atoms with van der Waals surface area (Å²) in [4.78, 5) is 34.4. The molecule has 0 aliphatic carbocycles. The number of ether oxygens (including phenoxy) is 1. The zero-order chi connectivity index (χ0) is 23.4. The molecule has 4 unspecified atom stereocenters. The number of nitrogens with zero attached hydrogens (tertiary/aromatic N) is 4. The first-order valence-electron chi connectivity index (χ1n) is 10.1. The zero-order valence-corrected chi connectivity index (χ0v) is 19.3. The normalized spacial score (nSPS) is 22.2. The highest BCUT2D eigenvalue weighted by atomic mass is 35.5. The molecule has 1 aliphatic rings. The molecule has 4 rings (SSSR count). The van der Waals surface area contributed by atoms with Crippen molar-refractivity contribution in [2.45, 2.75) is 24.1 Å². The maximum absolute atomic E-state index is 10.9. The van der Waals surface area contributed by atoms with E-state index in [9.17, 15) is 9.69 Å². The molecule has 1 saturated heterocycles. The van der Waals surface area contributed by atoms with Crippen LogP contribution >= 0.6 is 19.7 Å². The van der Waals surface area contributed by atoms with Gasteiger partial charge in [0.1, 0.15) is 12.9 Å². The van der Waals surface area contributed by atoms with Gasteiger partial charge in [-0.15, -0.1) is 16.7 Å². The molecule has 1 aromatic carbocycles. The second-order valence-electron chi connectivity index (χ2n) is 7.15. The molecule has 5 N–H and O–H groups in total. The maximum atomic E-state index is 10.9. The molecule has 176 valence electrons. The number of alkyl halides is 1. The van der Waals surface area contributed by atoms with E-state index in [1.807, 2.05) is 6.07 Å². The van der Waals surface area contributed by atoms with E-state index in [1.165, 1.54) is 0 Å². The monoisotopic (exact) mass is 496 g/mol. The predicted octanol–water partition coefficient (Wildman–Crippen LogP) is 1.90. The molecule has 0 amide bonds. The van der Waals surface area contributed by atoms with Crippen LogP contribution < -0.4 is 20.7 Å². The highest BCUT2D eigenvalue weighted by molar-refractivity contribution is 7.58. The number of aromatic nitrogens is 4. The van der Waals surface area contributed by atoms with Crippen LogP contribution in [-0.2, 0) is 14.1 Å². The van der Waals surface area contributed by atoms with Crippen molar-refractivity contribution in [3.8, 4) is 5.75 Å². The summed E-state index contributed by atoms with van der Waals surface area (Å²) in [6, 6.07) is 8.67. The average Bonchev–Trinajstić information content (AvgIpc) is 3.39. The first-order valence-corrected chi connectivity index (χ1v) is 12.1. The van der Waals surface area contributed by atoms with Crippen molar-refractivity contribution in [1.82, 2.24) is 24.6 Å². The van der Waals surface area contributed by atoms with Crippen LogP contribution in [-0.4, -0.2) is 62.4 Å². The molecular weight excluding hydrogens is 473 g/mol. The van der Waals surface area contributed by atoms with Crippen LogP contribution in [0.5, 0.6) is 5.75 Å². The van der Waals surface area contributed by atoms with E-state index >= 15 is 0 Å². The van der Waals surface area contributed by atoms with Crippen LogP contribution in [0.15, 0.2) is 36.7 Å². The number of imidazole rings is 1. The highest BCUT2D eigenvalue weighted by Gasteiger charge is 2.46. The molecule has 1 aliphatic heterocycles. The van der Waals surface area contributed by atoms with Crippen molar-refractivity contribution in [2.24, 2.45) is 0 Å². The van der Waals surface area contributed by atoms with Crippen molar-refractivity contribution in [3.05, 3.63) is 36.7 Å². The van der Waals surface area contributed by atoms with Crippen LogP contribution in [0.2, 0.25) is 0 Å². The van der Waals surface area contributed by atoms with Gasteiger partial charge in [0.15, 0.2) is 29.0 Å². The molecule has 1 fully saturated rings. The number of benzene rings is 1. The Hall–Kier alpha value is -2.60. The minimum absolute atomic E-state index is 0.0196. The number of carbonyl (C=O) groups excluding carboxylic acids is 1. The van der Waals surface area contributed by atoms with Gasteiger partial charge in [-0.1, -0.05) is 18.2 Å². The van der Waals surface area contributed by atoms with Crippen molar-refractivity contribution < 1.29 is 23.5 Å². The lowest BCUT2D eigenvalue weighted by Crippen LogP contribution is -2.27.